The van der Waals surface area contributed by atoms with Gasteiger partial charge in [-0.05, 0) is 37.2 Å². The van der Waals surface area contributed by atoms with Crippen molar-refractivity contribution in [3.05, 3.63) is 50.6 Å². The largest absolute Gasteiger partial charge is 0.496 e. The molecule has 1 N–H and O–H groups in total. The Kier molecular flexibility index (Phi) is 4.80. The number of nitrogens with one attached hydrogen (secondary N) is 1. The topological polar surface area (TPSA) is 21.3 Å². The highest BCUT2D eigenvalue weighted by Crippen LogP contribution is 2.29. The van der Waals surface area contributed by atoms with Crippen LogP contribution in [0.1, 0.15) is 16.5 Å². The van der Waals surface area contributed by atoms with Crippen molar-refractivity contribution in [2.45, 2.75) is 12.5 Å². The fraction of sp³-hybridized carbons (Fsp3) is 0.286. The zero-order valence-electron chi connectivity index (χ0n) is 10.4. The van der Waals surface area contributed by atoms with Gasteiger partial charge in [-0.25, -0.2) is 0 Å². The SMILES string of the molecule is CNC(Cc1cccc(Br)c1)c1cc(OC)cs1. The monoisotopic (exact) mass is 325 g/mol. The summed E-state index contributed by atoms with van der Waals surface area (Å²) in [5.74, 6) is 0.935. The highest BCUT2D eigenvalue weighted by atomic mass is 79.9. The Morgan fingerprint density at radius 3 is 2.83 bits per heavy atom. The second-order valence-corrected chi connectivity index (χ2v) is 5.92. The second kappa shape index (κ2) is 6.36. The van der Waals surface area contributed by atoms with Crippen LogP contribution in [0.5, 0.6) is 5.75 Å². The Labute approximate surface area is 120 Å². The molecule has 18 heavy (non-hydrogen) atoms. The molecule has 2 aromatic rings. The Bertz CT molecular complexity index is 512. The number of hydrogen-bond acceptors (Lipinski definition) is 3. The molecular weight excluding hydrogens is 310 g/mol. The van der Waals surface area contributed by atoms with Gasteiger partial charge < -0.3 is 10.1 Å². The van der Waals surface area contributed by atoms with E-state index in [4.69, 9.17) is 4.74 Å². The van der Waals surface area contributed by atoms with Gasteiger partial charge in [-0.15, -0.1) is 11.3 Å². The van der Waals surface area contributed by atoms with Gasteiger partial charge in [0.05, 0.1) is 7.11 Å². The number of rotatable bonds is 5. The fourth-order valence-corrected chi connectivity index (χ4v) is 3.28. The summed E-state index contributed by atoms with van der Waals surface area (Å²) >= 11 is 5.24. The van der Waals surface area contributed by atoms with Crippen LogP contribution >= 0.6 is 27.3 Å². The number of ether oxygens (including phenoxy) is 1. The van der Waals surface area contributed by atoms with Crippen LogP contribution in [0, 0.1) is 0 Å². The average Bonchev–Trinajstić information content (AvgIpc) is 2.84. The smallest absolute Gasteiger partial charge is 0.129 e. The molecule has 0 bridgehead atoms. The molecule has 1 atom stereocenters. The van der Waals surface area contributed by atoms with E-state index in [1.807, 2.05) is 18.5 Å². The van der Waals surface area contributed by atoms with Gasteiger partial charge in [0, 0.05) is 20.8 Å². The lowest BCUT2D eigenvalue weighted by molar-refractivity contribution is 0.416. The van der Waals surface area contributed by atoms with Crippen molar-refractivity contribution in [1.82, 2.24) is 5.32 Å². The van der Waals surface area contributed by atoms with Gasteiger partial charge >= 0.3 is 0 Å². The minimum absolute atomic E-state index is 0.327. The van der Waals surface area contributed by atoms with Gasteiger partial charge in [0.2, 0.25) is 0 Å². The molecular formula is C14H16BrNOS. The first-order valence-corrected chi connectivity index (χ1v) is 7.44. The summed E-state index contributed by atoms with van der Waals surface area (Å²) in [7, 11) is 3.70. The molecule has 4 heteroatoms. The van der Waals surface area contributed by atoms with Crippen molar-refractivity contribution in [1.29, 1.82) is 0 Å². The summed E-state index contributed by atoms with van der Waals surface area (Å²) in [6.45, 7) is 0. The maximum absolute atomic E-state index is 5.23. The lowest BCUT2D eigenvalue weighted by Crippen LogP contribution is -2.17. The minimum atomic E-state index is 0.327. The number of hydrogen-bond donors (Lipinski definition) is 1. The molecule has 0 fully saturated rings. The third kappa shape index (κ3) is 3.34. The van der Waals surface area contributed by atoms with Crippen LogP contribution in [0.4, 0.5) is 0 Å². The Hall–Kier alpha value is -0.840. The molecule has 0 saturated carbocycles. The van der Waals surface area contributed by atoms with E-state index in [-0.39, 0.29) is 0 Å². The molecule has 0 aliphatic heterocycles. The molecule has 2 nitrogen and oxygen atoms in total. The van der Waals surface area contributed by atoms with Crippen LogP contribution in [0.2, 0.25) is 0 Å². The molecule has 96 valence electrons. The molecule has 1 unspecified atom stereocenters. The minimum Gasteiger partial charge on any atom is -0.496 e. The molecule has 0 amide bonds. The van der Waals surface area contributed by atoms with Crippen molar-refractivity contribution in [2.24, 2.45) is 0 Å². The Morgan fingerprint density at radius 1 is 1.39 bits per heavy atom. The quantitative estimate of drug-likeness (QED) is 0.896. The van der Waals surface area contributed by atoms with Crippen molar-refractivity contribution in [3.8, 4) is 5.75 Å². The van der Waals surface area contributed by atoms with E-state index in [1.165, 1.54) is 10.4 Å². The lowest BCUT2D eigenvalue weighted by Gasteiger charge is -2.14. The van der Waals surface area contributed by atoms with Gasteiger partial charge in [-0.2, -0.15) is 0 Å². The van der Waals surface area contributed by atoms with Gasteiger partial charge in [0.1, 0.15) is 5.75 Å². The zero-order valence-corrected chi connectivity index (χ0v) is 12.8. The summed E-state index contributed by atoms with van der Waals surface area (Å²) in [4.78, 5) is 1.30. The first kappa shape index (κ1) is 13.6. The Morgan fingerprint density at radius 2 is 2.22 bits per heavy atom. The summed E-state index contributed by atoms with van der Waals surface area (Å²) in [6, 6.07) is 10.9. The van der Waals surface area contributed by atoms with E-state index in [0.717, 1.165) is 16.6 Å². The number of halogens is 1. The zero-order chi connectivity index (χ0) is 13.0. The maximum atomic E-state index is 5.23. The number of thiophene rings is 1. The normalized spacial score (nSPS) is 12.4. The molecule has 1 aromatic carbocycles. The van der Waals surface area contributed by atoms with Crippen LogP contribution in [-0.4, -0.2) is 14.2 Å². The van der Waals surface area contributed by atoms with E-state index in [2.05, 4.69) is 45.5 Å². The lowest BCUT2D eigenvalue weighted by atomic mass is 10.0. The van der Waals surface area contributed by atoms with E-state index in [1.54, 1.807) is 18.4 Å². The molecule has 1 heterocycles. The number of likely N-dealkylation sites (N-methyl/N-ethyl adjacent to an activating group) is 1. The van der Waals surface area contributed by atoms with Crippen LogP contribution in [0.3, 0.4) is 0 Å². The van der Waals surface area contributed by atoms with Crippen molar-refractivity contribution in [2.75, 3.05) is 14.2 Å². The van der Waals surface area contributed by atoms with Crippen molar-refractivity contribution in [3.63, 3.8) is 0 Å². The van der Waals surface area contributed by atoms with E-state index in [0.29, 0.717) is 6.04 Å². The molecule has 0 radical (unpaired) electrons. The van der Waals surface area contributed by atoms with Crippen LogP contribution in [0.15, 0.2) is 40.2 Å². The van der Waals surface area contributed by atoms with E-state index >= 15 is 0 Å². The van der Waals surface area contributed by atoms with Crippen LogP contribution in [0.25, 0.3) is 0 Å². The molecule has 0 saturated heterocycles. The van der Waals surface area contributed by atoms with Gasteiger partial charge in [-0.3, -0.25) is 0 Å². The third-order valence-corrected chi connectivity index (χ3v) is 4.37. The predicted molar refractivity (Wildman–Crippen MR) is 80.5 cm³/mol. The Balaban J connectivity index is 2.14. The summed E-state index contributed by atoms with van der Waals surface area (Å²) < 4.78 is 6.36. The van der Waals surface area contributed by atoms with Crippen LogP contribution in [-0.2, 0) is 6.42 Å². The summed E-state index contributed by atoms with van der Waals surface area (Å²) in [5.41, 5.74) is 1.32. The van der Waals surface area contributed by atoms with E-state index < -0.39 is 0 Å². The first-order chi connectivity index (χ1) is 8.72. The molecule has 2 rings (SSSR count). The van der Waals surface area contributed by atoms with Gasteiger partial charge in [0.15, 0.2) is 0 Å². The molecule has 1 aromatic heterocycles. The third-order valence-electron chi connectivity index (χ3n) is 2.85. The van der Waals surface area contributed by atoms with Gasteiger partial charge in [0.25, 0.3) is 0 Å². The van der Waals surface area contributed by atoms with Crippen molar-refractivity contribution < 1.29 is 4.74 Å². The predicted octanol–water partition coefficient (Wildman–Crippen LogP) is 4.02. The van der Waals surface area contributed by atoms with Crippen LogP contribution < -0.4 is 10.1 Å². The van der Waals surface area contributed by atoms with Gasteiger partial charge in [-0.1, -0.05) is 28.1 Å². The molecule has 0 aliphatic carbocycles. The maximum Gasteiger partial charge on any atom is 0.129 e. The fourth-order valence-electron chi connectivity index (χ4n) is 1.87. The summed E-state index contributed by atoms with van der Waals surface area (Å²) in [6.07, 6.45) is 0.972. The van der Waals surface area contributed by atoms with Crippen molar-refractivity contribution >= 4 is 27.3 Å². The standard InChI is InChI=1S/C14H16BrNOS/c1-16-13(14-8-12(17-2)9-18-14)7-10-4-3-5-11(15)6-10/h3-6,8-9,13,16H,7H2,1-2H3. The highest BCUT2D eigenvalue weighted by molar-refractivity contribution is 9.10. The summed E-state index contributed by atoms with van der Waals surface area (Å²) in [5, 5.41) is 5.41. The number of benzene rings is 1. The second-order valence-electron chi connectivity index (χ2n) is 4.06. The first-order valence-electron chi connectivity index (χ1n) is 5.77. The average molecular weight is 326 g/mol. The molecule has 0 spiro atoms. The highest BCUT2D eigenvalue weighted by Gasteiger charge is 2.13. The van der Waals surface area contributed by atoms with E-state index in [9.17, 15) is 0 Å². The molecule has 0 aliphatic rings. The number of methoxy groups -OCH3 is 1.